The molecule has 5 rings (SSSR count). The Bertz CT molecular complexity index is 1710. The first-order chi connectivity index (χ1) is 18.2. The van der Waals surface area contributed by atoms with Gasteiger partial charge in [-0.05, 0) is 68.8 Å². The Hall–Kier alpha value is -3.73. The highest BCUT2D eigenvalue weighted by Crippen LogP contribution is 2.34. The largest absolute Gasteiger partial charge is 0.306 e. The van der Waals surface area contributed by atoms with Crippen molar-refractivity contribution in [2.24, 2.45) is 0 Å². The monoisotopic (exact) mass is 565 g/mol. The zero-order chi connectivity index (χ0) is 27.0. The molecule has 0 atom stereocenters. The first-order valence-electron chi connectivity index (χ1n) is 11.8. The third-order valence-corrected chi connectivity index (χ3v) is 9.38. The number of aromatic nitrogens is 3. The van der Waals surface area contributed by atoms with Crippen LogP contribution in [0.3, 0.4) is 0 Å². The van der Waals surface area contributed by atoms with Crippen LogP contribution < -0.4 is 9.62 Å². The number of fused-ring (bicyclic) bond motifs is 1. The van der Waals surface area contributed by atoms with Crippen LogP contribution in [-0.4, -0.2) is 35.6 Å². The second-order valence-corrected chi connectivity index (χ2v) is 11.9. The van der Waals surface area contributed by atoms with Crippen molar-refractivity contribution in [1.29, 1.82) is 0 Å². The van der Waals surface area contributed by atoms with Gasteiger partial charge in [0.25, 0.3) is 15.9 Å². The number of nitrogens with one attached hydrogen (secondary N) is 1. The normalized spacial score (nSPS) is 11.6. The van der Waals surface area contributed by atoms with E-state index < -0.39 is 15.9 Å². The number of carbonyl (C=O) groups excluding carboxylic acids is 1. The molecule has 0 aliphatic carbocycles. The summed E-state index contributed by atoms with van der Waals surface area (Å²) in [5.41, 5.74) is 3.36. The molecule has 0 bridgehead atoms. The Morgan fingerprint density at radius 3 is 2.42 bits per heavy atom. The predicted molar refractivity (Wildman–Crippen MR) is 152 cm³/mol. The van der Waals surface area contributed by atoms with Crippen LogP contribution in [0.5, 0.6) is 0 Å². The van der Waals surface area contributed by atoms with Gasteiger partial charge in [0.05, 0.1) is 31.5 Å². The van der Waals surface area contributed by atoms with Crippen LogP contribution in [-0.2, 0) is 10.0 Å². The molecular formula is C27H24ClN5O3S2. The van der Waals surface area contributed by atoms with E-state index in [4.69, 9.17) is 16.6 Å². The van der Waals surface area contributed by atoms with Crippen molar-refractivity contribution in [2.45, 2.75) is 25.7 Å². The van der Waals surface area contributed by atoms with Crippen molar-refractivity contribution in [3.05, 3.63) is 94.6 Å². The number of nitrogens with zero attached hydrogens (tertiary/aromatic N) is 4. The molecule has 0 spiro atoms. The minimum Gasteiger partial charge on any atom is -0.306 e. The van der Waals surface area contributed by atoms with Crippen LogP contribution in [0.25, 0.3) is 15.3 Å². The molecule has 1 N–H and O–H groups in total. The number of sulfonamides is 1. The molecule has 0 saturated carbocycles. The molecule has 1 amide bonds. The van der Waals surface area contributed by atoms with Gasteiger partial charge in [0, 0.05) is 18.2 Å². The smallest absolute Gasteiger partial charge is 0.264 e. The van der Waals surface area contributed by atoms with Crippen molar-refractivity contribution >= 4 is 60.6 Å². The number of hydrogen-bond acceptors (Lipinski definition) is 6. The minimum atomic E-state index is -3.80. The Morgan fingerprint density at radius 1 is 1.05 bits per heavy atom. The van der Waals surface area contributed by atoms with E-state index in [-0.39, 0.29) is 11.4 Å². The van der Waals surface area contributed by atoms with Gasteiger partial charge in [0.15, 0.2) is 0 Å². The number of thiazole rings is 1. The SMILES string of the molecule is CCN(c1ccccc1)S(=O)(=O)c1ccc(C(=O)Nc2cc(C)nn2-c2nc3c(C)ccc(Cl)c3s2)cc1. The fourth-order valence-corrected chi connectivity index (χ4v) is 6.85. The molecule has 194 valence electrons. The molecule has 0 aliphatic heterocycles. The van der Waals surface area contributed by atoms with Crippen molar-refractivity contribution < 1.29 is 13.2 Å². The molecule has 38 heavy (non-hydrogen) atoms. The lowest BCUT2D eigenvalue weighted by atomic mass is 10.2. The van der Waals surface area contributed by atoms with Crippen molar-refractivity contribution in [3.63, 3.8) is 0 Å². The molecular weight excluding hydrogens is 542 g/mol. The summed E-state index contributed by atoms with van der Waals surface area (Å²) in [6.45, 7) is 5.83. The van der Waals surface area contributed by atoms with E-state index in [9.17, 15) is 13.2 Å². The lowest BCUT2D eigenvalue weighted by Gasteiger charge is -2.23. The zero-order valence-corrected chi connectivity index (χ0v) is 23.2. The average molecular weight is 566 g/mol. The Kier molecular flexibility index (Phi) is 6.95. The molecule has 11 heteroatoms. The highest BCUT2D eigenvalue weighted by atomic mass is 35.5. The number of hydrogen-bond donors (Lipinski definition) is 1. The summed E-state index contributed by atoms with van der Waals surface area (Å²) in [5, 5.41) is 8.56. The van der Waals surface area contributed by atoms with Crippen molar-refractivity contribution in [1.82, 2.24) is 14.8 Å². The van der Waals surface area contributed by atoms with Gasteiger partial charge in [0.1, 0.15) is 5.82 Å². The summed E-state index contributed by atoms with van der Waals surface area (Å²) in [7, 11) is -3.80. The fourth-order valence-electron chi connectivity index (χ4n) is 4.10. The minimum absolute atomic E-state index is 0.0994. The predicted octanol–water partition coefficient (Wildman–Crippen LogP) is 6.22. The maximum absolute atomic E-state index is 13.3. The van der Waals surface area contributed by atoms with Crippen LogP contribution in [0.2, 0.25) is 5.02 Å². The quantitative estimate of drug-likeness (QED) is 0.253. The van der Waals surface area contributed by atoms with E-state index in [1.54, 1.807) is 41.9 Å². The third kappa shape index (κ3) is 4.78. The Balaban J connectivity index is 1.40. The van der Waals surface area contributed by atoms with Crippen LogP contribution in [0.4, 0.5) is 11.5 Å². The molecule has 0 radical (unpaired) electrons. The highest BCUT2D eigenvalue weighted by Gasteiger charge is 2.24. The van der Waals surface area contributed by atoms with Gasteiger partial charge >= 0.3 is 0 Å². The van der Waals surface area contributed by atoms with Gasteiger partial charge in [-0.15, -0.1) is 0 Å². The standard InChI is InChI=1S/C27H24ClN5O3S2/c1-4-32(20-8-6-5-7-9-20)38(35,36)21-13-11-19(12-14-21)26(34)29-23-16-18(3)31-33(23)27-30-24-17(2)10-15-22(28)25(24)37-27/h5-16H,4H2,1-3H3,(H,29,34). The summed E-state index contributed by atoms with van der Waals surface area (Å²) < 4.78 is 30.3. The van der Waals surface area contributed by atoms with E-state index in [0.29, 0.717) is 32.9 Å². The molecule has 0 saturated heterocycles. The number of rotatable bonds is 7. The first kappa shape index (κ1) is 25.9. The second kappa shape index (κ2) is 10.2. The lowest BCUT2D eigenvalue weighted by molar-refractivity contribution is 0.102. The highest BCUT2D eigenvalue weighted by molar-refractivity contribution is 7.92. The molecule has 8 nitrogen and oxygen atoms in total. The van der Waals surface area contributed by atoms with Crippen molar-refractivity contribution in [2.75, 3.05) is 16.2 Å². The summed E-state index contributed by atoms with van der Waals surface area (Å²) in [5.74, 6) is 0.0408. The number of aryl methyl sites for hydroxylation is 2. The molecule has 3 aromatic carbocycles. The van der Waals surface area contributed by atoms with Gasteiger partial charge in [-0.25, -0.2) is 13.4 Å². The van der Waals surface area contributed by atoms with Gasteiger partial charge < -0.3 is 5.32 Å². The lowest BCUT2D eigenvalue weighted by Crippen LogP contribution is -2.30. The average Bonchev–Trinajstić information content (AvgIpc) is 3.52. The zero-order valence-electron chi connectivity index (χ0n) is 20.8. The third-order valence-electron chi connectivity index (χ3n) is 5.98. The number of carbonyl (C=O) groups is 1. The van der Waals surface area contributed by atoms with Gasteiger partial charge in [0.2, 0.25) is 5.13 Å². The summed E-state index contributed by atoms with van der Waals surface area (Å²) in [6, 6.07) is 20.3. The summed E-state index contributed by atoms with van der Waals surface area (Å²) in [6.07, 6.45) is 0. The first-order valence-corrected chi connectivity index (χ1v) is 14.4. The van der Waals surface area contributed by atoms with Crippen LogP contribution >= 0.6 is 22.9 Å². The number of amides is 1. The van der Waals surface area contributed by atoms with E-state index in [1.165, 1.54) is 39.9 Å². The molecule has 5 aromatic rings. The molecule has 0 fully saturated rings. The molecule has 2 heterocycles. The van der Waals surface area contributed by atoms with Gasteiger partial charge in [-0.1, -0.05) is 47.2 Å². The number of anilines is 2. The van der Waals surface area contributed by atoms with E-state index >= 15 is 0 Å². The van der Waals surface area contributed by atoms with Crippen LogP contribution in [0.15, 0.2) is 77.7 Å². The molecule has 0 unspecified atom stereocenters. The maximum Gasteiger partial charge on any atom is 0.264 e. The summed E-state index contributed by atoms with van der Waals surface area (Å²) in [4.78, 5) is 17.9. The number of halogens is 1. The van der Waals surface area contributed by atoms with Crippen molar-refractivity contribution in [3.8, 4) is 5.13 Å². The fraction of sp³-hybridized carbons (Fsp3) is 0.148. The topological polar surface area (TPSA) is 97.2 Å². The van der Waals surface area contributed by atoms with Crippen LogP contribution in [0.1, 0.15) is 28.5 Å². The Morgan fingerprint density at radius 2 is 1.76 bits per heavy atom. The second-order valence-electron chi connectivity index (χ2n) is 8.61. The summed E-state index contributed by atoms with van der Waals surface area (Å²) >= 11 is 7.76. The Labute approximate surface area is 229 Å². The van der Waals surface area contributed by atoms with E-state index in [1.807, 2.05) is 32.0 Å². The van der Waals surface area contributed by atoms with E-state index in [0.717, 1.165) is 15.8 Å². The molecule has 0 aliphatic rings. The van der Waals surface area contributed by atoms with E-state index in [2.05, 4.69) is 10.4 Å². The molecule has 2 aromatic heterocycles. The number of benzene rings is 3. The number of para-hydroxylation sites is 1. The maximum atomic E-state index is 13.3. The van der Waals surface area contributed by atoms with Gasteiger partial charge in [-0.3, -0.25) is 9.10 Å². The van der Waals surface area contributed by atoms with Crippen LogP contribution in [0, 0.1) is 13.8 Å². The van der Waals surface area contributed by atoms with Gasteiger partial charge in [-0.2, -0.15) is 9.78 Å².